The molecule has 1 aromatic carbocycles. The van der Waals surface area contributed by atoms with Crippen molar-refractivity contribution in [2.24, 2.45) is 0 Å². The lowest BCUT2D eigenvalue weighted by atomic mass is 9.87. The van der Waals surface area contributed by atoms with Crippen molar-refractivity contribution >= 4 is 17.5 Å². The fourth-order valence-electron chi connectivity index (χ4n) is 4.78. The highest BCUT2D eigenvalue weighted by Crippen LogP contribution is 2.33. The van der Waals surface area contributed by atoms with Gasteiger partial charge >= 0.3 is 0 Å². The van der Waals surface area contributed by atoms with Crippen molar-refractivity contribution in [3.8, 4) is 12.3 Å². The van der Waals surface area contributed by atoms with Gasteiger partial charge in [0.15, 0.2) is 0 Å². The predicted molar refractivity (Wildman–Crippen MR) is 151 cm³/mol. The summed E-state index contributed by atoms with van der Waals surface area (Å²) >= 11 is 0. The first-order chi connectivity index (χ1) is 18.6. The normalized spacial score (nSPS) is 18.2. The van der Waals surface area contributed by atoms with Gasteiger partial charge in [-0.15, -0.1) is 6.42 Å². The van der Waals surface area contributed by atoms with E-state index in [0.29, 0.717) is 17.7 Å². The molecule has 3 aromatic rings. The zero-order valence-corrected chi connectivity index (χ0v) is 22.6. The van der Waals surface area contributed by atoms with Gasteiger partial charge in [-0.2, -0.15) is 0 Å². The summed E-state index contributed by atoms with van der Waals surface area (Å²) in [5.41, 5.74) is 3.93. The Morgan fingerprint density at radius 2 is 1.95 bits per heavy atom. The number of aromatic nitrogens is 3. The number of aliphatic hydroxyl groups is 1. The zero-order valence-electron chi connectivity index (χ0n) is 22.6. The average molecular weight is 524 g/mol. The molecule has 0 fully saturated rings. The van der Waals surface area contributed by atoms with Crippen LogP contribution in [0.5, 0.6) is 0 Å². The van der Waals surface area contributed by atoms with E-state index in [2.05, 4.69) is 47.0 Å². The van der Waals surface area contributed by atoms with Gasteiger partial charge in [-0.3, -0.25) is 19.5 Å². The van der Waals surface area contributed by atoms with Crippen molar-refractivity contribution in [2.45, 2.75) is 57.7 Å². The highest BCUT2D eigenvalue weighted by Gasteiger charge is 2.38. The summed E-state index contributed by atoms with van der Waals surface area (Å²) < 4.78 is 0. The first-order valence-electron chi connectivity index (χ1n) is 12.7. The van der Waals surface area contributed by atoms with Crippen molar-refractivity contribution < 1.29 is 14.7 Å². The number of nitrogens with one attached hydrogen (secondary N) is 2. The zero-order chi connectivity index (χ0) is 28.2. The van der Waals surface area contributed by atoms with Crippen LogP contribution in [0.3, 0.4) is 0 Å². The largest absolute Gasteiger partial charge is 0.390 e. The maximum atomic E-state index is 14.1. The molecular formula is C31H33N5O3. The summed E-state index contributed by atoms with van der Waals surface area (Å²) in [7, 11) is 0. The van der Waals surface area contributed by atoms with Gasteiger partial charge in [0.1, 0.15) is 11.7 Å². The Morgan fingerprint density at radius 1 is 1.21 bits per heavy atom. The monoisotopic (exact) mass is 523 g/mol. The molecule has 2 amide bonds. The molecule has 8 nitrogen and oxygen atoms in total. The lowest BCUT2D eigenvalue weighted by Crippen LogP contribution is -2.49. The third-order valence-electron chi connectivity index (χ3n) is 6.85. The molecule has 1 unspecified atom stereocenters. The van der Waals surface area contributed by atoms with Crippen LogP contribution >= 0.6 is 0 Å². The average Bonchev–Trinajstić information content (AvgIpc) is 3.54. The van der Waals surface area contributed by atoms with E-state index >= 15 is 0 Å². The van der Waals surface area contributed by atoms with Crippen molar-refractivity contribution in [1.29, 1.82) is 0 Å². The second-order valence-corrected chi connectivity index (χ2v) is 10.6. The second kappa shape index (κ2) is 11.5. The number of allylic oxidation sites excluding steroid dienone is 1. The van der Waals surface area contributed by atoms with Crippen molar-refractivity contribution in [3.05, 3.63) is 101 Å². The molecule has 2 heterocycles. The molecule has 3 atom stereocenters. The first-order valence-corrected chi connectivity index (χ1v) is 12.7. The molecule has 39 heavy (non-hydrogen) atoms. The molecule has 8 heteroatoms. The Kier molecular flexibility index (Phi) is 8.12. The number of carbonyl (C=O) groups excluding carboxylic acids is 2. The van der Waals surface area contributed by atoms with E-state index in [0.717, 1.165) is 16.7 Å². The van der Waals surface area contributed by atoms with E-state index < -0.39 is 30.0 Å². The van der Waals surface area contributed by atoms with Gasteiger partial charge in [-0.1, -0.05) is 50.5 Å². The summed E-state index contributed by atoms with van der Waals surface area (Å²) in [6.07, 6.45) is 14.3. The number of carbonyl (C=O) groups is 2. The Hall–Kier alpha value is -4.48. The highest BCUT2D eigenvalue weighted by atomic mass is 16.3. The van der Waals surface area contributed by atoms with Crippen molar-refractivity contribution in [1.82, 2.24) is 20.3 Å². The molecule has 3 N–H and O–H groups in total. The molecular weight excluding hydrogens is 490 g/mol. The Balaban J connectivity index is 1.81. The van der Waals surface area contributed by atoms with Gasteiger partial charge in [-0.25, -0.2) is 4.98 Å². The molecule has 0 spiro atoms. The molecule has 1 aliphatic rings. The first kappa shape index (κ1) is 27.6. The van der Waals surface area contributed by atoms with Crippen LogP contribution in [0.1, 0.15) is 61.8 Å². The number of hydrogen-bond donors (Lipinski definition) is 3. The summed E-state index contributed by atoms with van der Waals surface area (Å²) in [6.45, 7) is 8.22. The van der Waals surface area contributed by atoms with Gasteiger partial charge in [-0.05, 0) is 60.2 Å². The van der Waals surface area contributed by atoms with E-state index in [1.807, 2.05) is 31.2 Å². The van der Waals surface area contributed by atoms with Gasteiger partial charge in [0.2, 0.25) is 5.91 Å². The fraction of sp³-hybridized carbons (Fsp3) is 0.290. The number of imidazole rings is 1. The number of anilines is 1. The second-order valence-electron chi connectivity index (χ2n) is 10.6. The molecule has 200 valence electrons. The summed E-state index contributed by atoms with van der Waals surface area (Å²) in [4.78, 5) is 40.6. The van der Waals surface area contributed by atoms with Crippen LogP contribution < -0.4 is 10.2 Å². The summed E-state index contributed by atoms with van der Waals surface area (Å²) in [5.74, 6) is 1.55. The number of hydrogen-bond acceptors (Lipinski definition) is 5. The van der Waals surface area contributed by atoms with Crippen LogP contribution in [-0.2, 0) is 10.2 Å². The quantitative estimate of drug-likeness (QED) is 0.401. The summed E-state index contributed by atoms with van der Waals surface area (Å²) in [5, 5.41) is 13.8. The van der Waals surface area contributed by atoms with Gasteiger partial charge < -0.3 is 15.4 Å². The van der Waals surface area contributed by atoms with E-state index in [-0.39, 0.29) is 11.1 Å². The Morgan fingerprint density at radius 3 is 2.54 bits per heavy atom. The molecule has 2 aromatic heterocycles. The fourth-order valence-corrected chi connectivity index (χ4v) is 4.78. The Bertz CT molecular complexity index is 1410. The lowest BCUT2D eigenvalue weighted by Gasteiger charge is -2.33. The summed E-state index contributed by atoms with van der Waals surface area (Å²) in [6, 6.07) is 9.26. The minimum Gasteiger partial charge on any atom is -0.390 e. The minimum absolute atomic E-state index is 0.0953. The molecule has 0 aliphatic heterocycles. The van der Waals surface area contributed by atoms with Gasteiger partial charge in [0.25, 0.3) is 5.91 Å². The number of aliphatic hydroxyl groups excluding tert-OH is 1. The Labute approximate surface area is 228 Å². The van der Waals surface area contributed by atoms with Crippen LogP contribution in [0.25, 0.3) is 0 Å². The number of benzene rings is 1. The van der Waals surface area contributed by atoms with E-state index in [1.54, 1.807) is 36.7 Å². The molecule has 4 rings (SSSR count). The third-order valence-corrected chi connectivity index (χ3v) is 6.85. The van der Waals surface area contributed by atoms with Gasteiger partial charge in [0.05, 0.1) is 24.7 Å². The minimum atomic E-state index is -1.10. The molecule has 0 bridgehead atoms. The third kappa shape index (κ3) is 6.00. The van der Waals surface area contributed by atoms with Crippen LogP contribution in [-0.4, -0.2) is 44.0 Å². The maximum absolute atomic E-state index is 14.1. The van der Waals surface area contributed by atoms with E-state index in [1.165, 1.54) is 17.4 Å². The number of aromatic amines is 1. The van der Waals surface area contributed by atoms with Crippen LogP contribution in [0.2, 0.25) is 0 Å². The molecule has 0 saturated heterocycles. The predicted octanol–water partition coefficient (Wildman–Crippen LogP) is 4.25. The SMILES string of the molecule is C#C/C=C\C1=C(C)C[C@@H](O)[C@H]1NC(=O)C(c1cccnc1)N(C(=O)c1cnc[nH]1)c1ccc(C(C)(C)C)cc1. The van der Waals surface area contributed by atoms with Crippen LogP contribution in [0.4, 0.5) is 5.69 Å². The number of pyridine rings is 1. The lowest BCUT2D eigenvalue weighted by molar-refractivity contribution is -0.123. The standard InChI is InChI=1S/C31H33N5O3/c1-6-7-10-24-20(2)16-26(37)27(24)35-29(38)28(21-9-8-15-32-17-21)36(30(39)25-18-33-19-34-25)23-13-11-22(12-14-23)31(3,4)5/h1,7-15,17-19,26-28,37H,16H2,2-5H3,(H,33,34)(H,35,38)/b10-7-/t26-,27+,28?/m1/s1. The topological polar surface area (TPSA) is 111 Å². The molecule has 0 saturated carbocycles. The van der Waals surface area contributed by atoms with Crippen molar-refractivity contribution in [3.63, 3.8) is 0 Å². The van der Waals surface area contributed by atoms with Crippen LogP contribution in [0.15, 0.2) is 84.6 Å². The van der Waals surface area contributed by atoms with Gasteiger partial charge in [0, 0.05) is 23.6 Å². The number of H-pyrrole nitrogens is 1. The maximum Gasteiger partial charge on any atom is 0.277 e. The molecule has 0 radical (unpaired) electrons. The van der Waals surface area contributed by atoms with Crippen LogP contribution in [0, 0.1) is 12.3 Å². The number of terminal acetylenes is 1. The number of rotatable bonds is 7. The number of amides is 2. The smallest absolute Gasteiger partial charge is 0.277 e. The van der Waals surface area contributed by atoms with E-state index in [4.69, 9.17) is 6.42 Å². The highest BCUT2D eigenvalue weighted by molar-refractivity contribution is 6.09. The number of nitrogens with zero attached hydrogens (tertiary/aromatic N) is 3. The molecule has 1 aliphatic carbocycles. The van der Waals surface area contributed by atoms with Crippen molar-refractivity contribution in [2.75, 3.05) is 4.90 Å². The van der Waals surface area contributed by atoms with E-state index in [9.17, 15) is 14.7 Å².